The summed E-state index contributed by atoms with van der Waals surface area (Å²) in [4.78, 5) is 40.8. The maximum atomic E-state index is 12.4. The number of anilines is 2. The van der Waals surface area contributed by atoms with E-state index in [2.05, 4.69) is 20.7 Å². The van der Waals surface area contributed by atoms with Crippen molar-refractivity contribution in [2.45, 2.75) is 13.0 Å². The van der Waals surface area contributed by atoms with Crippen LogP contribution in [0.3, 0.4) is 0 Å². The maximum absolute atomic E-state index is 12.4. The van der Waals surface area contributed by atoms with E-state index in [4.69, 9.17) is 0 Å². The van der Waals surface area contributed by atoms with Gasteiger partial charge in [-0.1, -0.05) is 24.3 Å². The van der Waals surface area contributed by atoms with Crippen LogP contribution in [-0.2, 0) is 11.3 Å². The molecule has 0 bridgehead atoms. The highest BCUT2D eigenvalue weighted by molar-refractivity contribution is 6.04. The molecule has 0 radical (unpaired) electrons. The Balaban J connectivity index is 1.40. The Morgan fingerprint density at radius 1 is 0.935 bits per heavy atom. The highest BCUT2D eigenvalue weighted by Gasteiger charge is 2.10. The average molecular weight is 413 g/mol. The lowest BCUT2D eigenvalue weighted by Crippen LogP contribution is -2.18. The number of hydrogen-bond acceptors (Lipinski definition) is 5. The van der Waals surface area contributed by atoms with Crippen LogP contribution < -0.4 is 16.1 Å². The lowest BCUT2D eigenvalue weighted by atomic mass is 10.2. The third kappa shape index (κ3) is 4.81. The van der Waals surface area contributed by atoms with Crippen LogP contribution in [0.25, 0.3) is 10.9 Å². The fraction of sp³-hybridized carbons (Fsp3) is 0.0870. The van der Waals surface area contributed by atoms with Gasteiger partial charge in [0.15, 0.2) is 0 Å². The molecule has 2 aromatic heterocycles. The summed E-state index contributed by atoms with van der Waals surface area (Å²) in [7, 11) is 0. The standard InChI is InChI=1S/C23H19N5O3/c29-20-15-25-28(19-9-2-1-8-18(19)20)13-11-22(30)26-17-7-5-6-16(14-17)23(31)27-21-10-3-4-12-24-21/h1-10,12,14-15H,11,13H2,(H,26,30)(H,24,27,31). The highest BCUT2D eigenvalue weighted by atomic mass is 16.2. The maximum Gasteiger partial charge on any atom is 0.256 e. The number of rotatable bonds is 6. The van der Waals surface area contributed by atoms with Crippen molar-refractivity contribution in [3.63, 3.8) is 0 Å². The van der Waals surface area contributed by atoms with Gasteiger partial charge in [-0.05, 0) is 42.5 Å². The van der Waals surface area contributed by atoms with Gasteiger partial charge in [-0.15, -0.1) is 0 Å². The van der Waals surface area contributed by atoms with Crippen molar-refractivity contribution in [1.82, 2.24) is 14.8 Å². The number of hydrogen-bond donors (Lipinski definition) is 2. The lowest BCUT2D eigenvalue weighted by Gasteiger charge is -2.10. The molecule has 2 N–H and O–H groups in total. The van der Waals surface area contributed by atoms with Crippen LogP contribution in [0.2, 0.25) is 0 Å². The molecule has 4 aromatic rings. The van der Waals surface area contributed by atoms with Crippen LogP contribution in [0.1, 0.15) is 16.8 Å². The second kappa shape index (κ2) is 9.00. The van der Waals surface area contributed by atoms with Crippen LogP contribution in [0.5, 0.6) is 0 Å². The van der Waals surface area contributed by atoms with Gasteiger partial charge in [0.2, 0.25) is 11.3 Å². The summed E-state index contributed by atoms with van der Waals surface area (Å²) in [5.41, 5.74) is 1.43. The monoisotopic (exact) mass is 413 g/mol. The summed E-state index contributed by atoms with van der Waals surface area (Å²) in [6.07, 6.45) is 3.00. The minimum absolute atomic E-state index is 0.155. The smallest absolute Gasteiger partial charge is 0.256 e. The molecule has 0 aliphatic rings. The second-order valence-corrected chi connectivity index (χ2v) is 6.80. The number of carbonyl (C=O) groups is 2. The van der Waals surface area contributed by atoms with Gasteiger partial charge < -0.3 is 10.6 Å². The second-order valence-electron chi connectivity index (χ2n) is 6.80. The SMILES string of the molecule is O=C(CCn1ncc(=O)c2ccccc21)Nc1cccc(C(=O)Nc2ccccn2)c1. The molecule has 2 heterocycles. The molecule has 8 nitrogen and oxygen atoms in total. The largest absolute Gasteiger partial charge is 0.326 e. The van der Waals surface area contributed by atoms with Crippen molar-refractivity contribution in [3.05, 3.63) is 94.9 Å². The summed E-state index contributed by atoms with van der Waals surface area (Å²) in [5, 5.41) is 10.2. The van der Waals surface area contributed by atoms with Gasteiger partial charge in [-0.2, -0.15) is 5.10 Å². The quantitative estimate of drug-likeness (QED) is 0.505. The van der Waals surface area contributed by atoms with Crippen LogP contribution in [0, 0.1) is 0 Å². The molecule has 8 heteroatoms. The first-order valence-electron chi connectivity index (χ1n) is 9.67. The molecule has 0 aliphatic carbocycles. The molecule has 0 fully saturated rings. The molecule has 4 rings (SSSR count). The third-order valence-electron chi connectivity index (χ3n) is 4.63. The molecule has 0 aliphatic heterocycles. The molecule has 0 atom stereocenters. The zero-order chi connectivity index (χ0) is 21.6. The number of carbonyl (C=O) groups excluding carboxylic acids is 2. The summed E-state index contributed by atoms with van der Waals surface area (Å²) in [6.45, 7) is 0.312. The van der Waals surface area contributed by atoms with E-state index in [0.29, 0.717) is 34.5 Å². The van der Waals surface area contributed by atoms with E-state index in [9.17, 15) is 14.4 Å². The molecule has 0 saturated carbocycles. The van der Waals surface area contributed by atoms with Gasteiger partial charge in [-0.25, -0.2) is 4.98 Å². The lowest BCUT2D eigenvalue weighted by molar-refractivity contribution is -0.116. The van der Waals surface area contributed by atoms with Crippen LogP contribution in [0.15, 0.2) is 83.9 Å². The minimum atomic E-state index is -0.321. The molecule has 0 spiro atoms. The van der Waals surface area contributed by atoms with Crippen LogP contribution in [-0.4, -0.2) is 26.6 Å². The Kier molecular flexibility index (Phi) is 5.79. The fourth-order valence-electron chi connectivity index (χ4n) is 3.13. The summed E-state index contributed by atoms with van der Waals surface area (Å²) < 4.78 is 1.63. The number of amides is 2. The zero-order valence-electron chi connectivity index (χ0n) is 16.5. The van der Waals surface area contributed by atoms with E-state index >= 15 is 0 Å². The number of aryl methyl sites for hydroxylation is 1. The highest BCUT2D eigenvalue weighted by Crippen LogP contribution is 2.14. The van der Waals surface area contributed by atoms with Crippen molar-refractivity contribution in [2.75, 3.05) is 10.6 Å². The number of pyridine rings is 1. The molecular weight excluding hydrogens is 394 g/mol. The van der Waals surface area contributed by atoms with Crippen molar-refractivity contribution in [2.24, 2.45) is 0 Å². The number of fused-ring (bicyclic) bond motifs is 1. The van der Waals surface area contributed by atoms with E-state index < -0.39 is 0 Å². The molecule has 0 unspecified atom stereocenters. The van der Waals surface area contributed by atoms with Crippen molar-refractivity contribution in [3.8, 4) is 0 Å². The first-order chi connectivity index (χ1) is 15.1. The topological polar surface area (TPSA) is 106 Å². The third-order valence-corrected chi connectivity index (χ3v) is 4.63. The van der Waals surface area contributed by atoms with Crippen LogP contribution in [0.4, 0.5) is 11.5 Å². The van der Waals surface area contributed by atoms with E-state index in [-0.39, 0.29) is 23.7 Å². The molecule has 2 amide bonds. The number of para-hydroxylation sites is 1. The van der Waals surface area contributed by atoms with Crippen LogP contribution >= 0.6 is 0 Å². The Labute approximate surface area is 177 Å². The first kappa shape index (κ1) is 20.0. The molecule has 2 aromatic carbocycles. The molecule has 0 saturated heterocycles. The fourth-order valence-corrected chi connectivity index (χ4v) is 3.13. The predicted molar refractivity (Wildman–Crippen MR) is 118 cm³/mol. The normalized spacial score (nSPS) is 10.6. The van der Waals surface area contributed by atoms with E-state index in [0.717, 1.165) is 0 Å². The summed E-state index contributed by atoms with van der Waals surface area (Å²) in [6, 6.07) is 19.0. The van der Waals surface area contributed by atoms with Crippen molar-refractivity contribution >= 4 is 34.2 Å². The first-order valence-corrected chi connectivity index (χ1v) is 9.67. The van der Waals surface area contributed by atoms with E-state index in [1.807, 2.05) is 6.07 Å². The van der Waals surface area contributed by atoms with Gasteiger partial charge in [-0.3, -0.25) is 19.1 Å². The number of nitrogens with one attached hydrogen (secondary N) is 2. The zero-order valence-corrected chi connectivity index (χ0v) is 16.5. The number of nitrogens with zero attached hydrogens (tertiary/aromatic N) is 3. The predicted octanol–water partition coefficient (Wildman–Crippen LogP) is 3.07. The Morgan fingerprint density at radius 2 is 1.77 bits per heavy atom. The van der Waals surface area contributed by atoms with Crippen molar-refractivity contribution in [1.29, 1.82) is 0 Å². The van der Waals surface area contributed by atoms with E-state index in [1.165, 1.54) is 6.20 Å². The molecule has 31 heavy (non-hydrogen) atoms. The Hall–Kier alpha value is -4.33. The number of benzene rings is 2. The van der Waals surface area contributed by atoms with Gasteiger partial charge in [0.1, 0.15) is 5.82 Å². The average Bonchev–Trinajstić information content (AvgIpc) is 2.80. The van der Waals surface area contributed by atoms with Gasteiger partial charge in [0.05, 0.1) is 18.3 Å². The summed E-state index contributed by atoms with van der Waals surface area (Å²) >= 11 is 0. The Morgan fingerprint density at radius 3 is 2.61 bits per heavy atom. The molecule has 154 valence electrons. The molecular formula is C23H19N5O3. The number of aromatic nitrogens is 3. The van der Waals surface area contributed by atoms with Gasteiger partial charge >= 0.3 is 0 Å². The van der Waals surface area contributed by atoms with E-state index in [1.54, 1.807) is 71.5 Å². The minimum Gasteiger partial charge on any atom is -0.326 e. The summed E-state index contributed by atoms with van der Waals surface area (Å²) in [5.74, 6) is -0.103. The van der Waals surface area contributed by atoms with Crippen molar-refractivity contribution < 1.29 is 9.59 Å². The van der Waals surface area contributed by atoms with Gasteiger partial charge in [0, 0.05) is 29.3 Å². The Bertz CT molecular complexity index is 1300. The van der Waals surface area contributed by atoms with Gasteiger partial charge in [0.25, 0.3) is 5.91 Å².